The van der Waals surface area contributed by atoms with Crippen LogP contribution in [0, 0.1) is 11.2 Å². The lowest BCUT2D eigenvalue weighted by Crippen LogP contribution is -2.34. The van der Waals surface area contributed by atoms with Crippen molar-refractivity contribution in [1.29, 1.82) is 0 Å². The molecule has 3 heteroatoms. The molecule has 0 fully saturated rings. The van der Waals surface area contributed by atoms with E-state index in [-0.39, 0.29) is 5.78 Å². The van der Waals surface area contributed by atoms with Crippen molar-refractivity contribution in [2.24, 2.45) is 5.41 Å². The number of carbonyl (C=O) groups excluding carboxylic acids is 1. The zero-order chi connectivity index (χ0) is 11.6. The molecule has 15 heavy (non-hydrogen) atoms. The van der Waals surface area contributed by atoms with Gasteiger partial charge in [0.15, 0.2) is 5.78 Å². The first kappa shape index (κ1) is 11.9. The van der Waals surface area contributed by atoms with Crippen molar-refractivity contribution in [3.05, 3.63) is 35.6 Å². The monoisotopic (exact) mass is 210 g/mol. The highest BCUT2D eigenvalue weighted by atomic mass is 19.1. The highest BCUT2D eigenvalue weighted by Crippen LogP contribution is 2.22. The molecule has 2 nitrogen and oxygen atoms in total. The summed E-state index contributed by atoms with van der Waals surface area (Å²) in [4.78, 5) is 11.7. The van der Waals surface area contributed by atoms with Crippen LogP contribution in [0.15, 0.2) is 24.3 Å². The molecule has 0 saturated heterocycles. The molecule has 1 rings (SSSR count). The van der Waals surface area contributed by atoms with E-state index < -0.39 is 17.3 Å². The van der Waals surface area contributed by atoms with Gasteiger partial charge in [-0.3, -0.25) is 4.79 Å². The number of hydrogen-bond donors (Lipinski definition) is 1. The fourth-order valence-corrected chi connectivity index (χ4v) is 1.17. The van der Waals surface area contributed by atoms with Crippen molar-refractivity contribution in [3.63, 3.8) is 0 Å². The Labute approximate surface area is 88.7 Å². The summed E-state index contributed by atoms with van der Waals surface area (Å²) in [5.41, 5.74) is -0.176. The SMILES string of the molecule is CC(C)(C)C(O)C(=O)c1ccc(F)cc1. The maximum absolute atomic E-state index is 12.6. The predicted octanol–water partition coefficient (Wildman–Crippen LogP) is 2.42. The van der Waals surface area contributed by atoms with Crippen molar-refractivity contribution in [1.82, 2.24) is 0 Å². The topological polar surface area (TPSA) is 37.3 Å². The Kier molecular flexibility index (Phi) is 3.25. The Morgan fingerprint density at radius 3 is 2.13 bits per heavy atom. The van der Waals surface area contributed by atoms with Gasteiger partial charge in [-0.25, -0.2) is 4.39 Å². The summed E-state index contributed by atoms with van der Waals surface area (Å²) in [7, 11) is 0. The van der Waals surface area contributed by atoms with Crippen molar-refractivity contribution >= 4 is 5.78 Å². The van der Waals surface area contributed by atoms with Gasteiger partial charge < -0.3 is 5.11 Å². The zero-order valence-corrected chi connectivity index (χ0v) is 9.12. The van der Waals surface area contributed by atoms with Gasteiger partial charge in [0.05, 0.1) is 0 Å². The number of carbonyl (C=O) groups is 1. The lowest BCUT2D eigenvalue weighted by Gasteiger charge is -2.24. The Morgan fingerprint density at radius 1 is 1.27 bits per heavy atom. The Hall–Kier alpha value is -1.22. The molecule has 0 spiro atoms. The van der Waals surface area contributed by atoms with E-state index in [0.29, 0.717) is 5.56 Å². The van der Waals surface area contributed by atoms with Crippen LogP contribution in [0.1, 0.15) is 31.1 Å². The quantitative estimate of drug-likeness (QED) is 0.761. The van der Waals surface area contributed by atoms with Crippen molar-refractivity contribution in [3.8, 4) is 0 Å². The first-order valence-corrected chi connectivity index (χ1v) is 4.80. The van der Waals surface area contributed by atoms with Gasteiger partial charge in [0.2, 0.25) is 0 Å². The summed E-state index contributed by atoms with van der Waals surface area (Å²) in [5.74, 6) is -0.765. The maximum atomic E-state index is 12.6. The van der Waals surface area contributed by atoms with Crippen LogP contribution >= 0.6 is 0 Å². The third kappa shape index (κ3) is 2.86. The molecule has 1 unspecified atom stereocenters. The van der Waals surface area contributed by atoms with E-state index >= 15 is 0 Å². The molecule has 82 valence electrons. The molecule has 0 aliphatic carbocycles. The van der Waals surface area contributed by atoms with Gasteiger partial charge in [-0.05, 0) is 29.7 Å². The standard InChI is InChI=1S/C12H15FO2/c1-12(2,3)11(15)10(14)8-4-6-9(13)7-5-8/h4-7,11,15H,1-3H3. The van der Waals surface area contributed by atoms with E-state index in [1.54, 1.807) is 20.8 Å². The largest absolute Gasteiger partial charge is 0.384 e. The minimum Gasteiger partial charge on any atom is -0.384 e. The number of halogens is 1. The number of Topliss-reactive ketones (excluding diaryl/α,β-unsaturated/α-hetero) is 1. The summed E-state index contributed by atoms with van der Waals surface area (Å²) >= 11 is 0. The van der Waals surface area contributed by atoms with E-state index in [2.05, 4.69) is 0 Å². The van der Waals surface area contributed by atoms with Crippen molar-refractivity contribution in [2.75, 3.05) is 0 Å². The Morgan fingerprint density at radius 2 is 1.73 bits per heavy atom. The van der Waals surface area contributed by atoms with E-state index in [0.717, 1.165) is 0 Å². The van der Waals surface area contributed by atoms with Gasteiger partial charge >= 0.3 is 0 Å². The third-order valence-corrected chi connectivity index (χ3v) is 2.20. The van der Waals surface area contributed by atoms with Crippen LogP contribution in [0.2, 0.25) is 0 Å². The lowest BCUT2D eigenvalue weighted by atomic mass is 9.84. The first-order valence-electron chi connectivity index (χ1n) is 4.80. The van der Waals surface area contributed by atoms with Crippen molar-refractivity contribution in [2.45, 2.75) is 26.9 Å². The van der Waals surface area contributed by atoms with Crippen LogP contribution in [-0.4, -0.2) is 17.0 Å². The molecule has 1 aromatic carbocycles. The fourth-order valence-electron chi connectivity index (χ4n) is 1.17. The van der Waals surface area contributed by atoms with Crippen LogP contribution < -0.4 is 0 Å². The molecule has 0 amide bonds. The van der Waals surface area contributed by atoms with Gasteiger partial charge in [-0.2, -0.15) is 0 Å². The van der Waals surface area contributed by atoms with E-state index in [1.807, 2.05) is 0 Å². The third-order valence-electron chi connectivity index (χ3n) is 2.20. The van der Waals surface area contributed by atoms with E-state index in [1.165, 1.54) is 24.3 Å². The maximum Gasteiger partial charge on any atom is 0.191 e. The van der Waals surface area contributed by atoms with Crippen LogP contribution in [0.3, 0.4) is 0 Å². The molecule has 0 heterocycles. The van der Waals surface area contributed by atoms with E-state index in [4.69, 9.17) is 0 Å². The Bertz CT molecular complexity index is 349. The second kappa shape index (κ2) is 4.11. The molecule has 0 saturated carbocycles. The smallest absolute Gasteiger partial charge is 0.191 e. The number of benzene rings is 1. The van der Waals surface area contributed by atoms with Crippen molar-refractivity contribution < 1.29 is 14.3 Å². The molecule has 0 aromatic heterocycles. The summed E-state index contributed by atoms with van der Waals surface area (Å²) < 4.78 is 12.6. The molecule has 1 N–H and O–H groups in total. The number of aliphatic hydroxyl groups is 1. The minimum absolute atomic E-state index is 0.332. The lowest BCUT2D eigenvalue weighted by molar-refractivity contribution is 0.0442. The Balaban J connectivity index is 2.90. The number of hydrogen-bond acceptors (Lipinski definition) is 2. The molecule has 0 bridgehead atoms. The number of aliphatic hydroxyl groups excluding tert-OH is 1. The summed E-state index contributed by atoms with van der Waals surface area (Å²) in [5, 5.41) is 9.73. The molecular formula is C12H15FO2. The molecule has 0 aliphatic rings. The minimum atomic E-state index is -1.07. The summed E-state index contributed by atoms with van der Waals surface area (Å²) in [6.45, 7) is 5.33. The molecule has 1 atom stereocenters. The second-order valence-electron chi connectivity index (χ2n) is 4.64. The van der Waals surface area contributed by atoms with E-state index in [9.17, 15) is 14.3 Å². The average molecular weight is 210 g/mol. The van der Waals surface area contributed by atoms with Gasteiger partial charge in [0.25, 0.3) is 0 Å². The predicted molar refractivity (Wildman–Crippen MR) is 56.2 cm³/mol. The average Bonchev–Trinajstić information content (AvgIpc) is 2.15. The zero-order valence-electron chi connectivity index (χ0n) is 9.12. The van der Waals surface area contributed by atoms with Gasteiger partial charge in [-0.15, -0.1) is 0 Å². The second-order valence-corrected chi connectivity index (χ2v) is 4.64. The van der Waals surface area contributed by atoms with Crippen LogP contribution in [-0.2, 0) is 0 Å². The van der Waals surface area contributed by atoms with Crippen LogP contribution in [0.4, 0.5) is 4.39 Å². The fraction of sp³-hybridized carbons (Fsp3) is 0.417. The van der Waals surface area contributed by atoms with Gasteiger partial charge in [-0.1, -0.05) is 20.8 Å². The summed E-state index contributed by atoms with van der Waals surface area (Å²) in [6, 6.07) is 5.18. The highest BCUT2D eigenvalue weighted by molar-refractivity contribution is 5.99. The molecule has 0 radical (unpaired) electrons. The first-order chi connectivity index (χ1) is 6.82. The van der Waals surface area contributed by atoms with Gasteiger partial charge in [0, 0.05) is 5.56 Å². The van der Waals surface area contributed by atoms with Crippen LogP contribution in [0.5, 0.6) is 0 Å². The normalized spacial score (nSPS) is 13.7. The molecule has 0 aliphatic heterocycles. The van der Waals surface area contributed by atoms with Crippen LogP contribution in [0.25, 0.3) is 0 Å². The number of ketones is 1. The molecular weight excluding hydrogens is 195 g/mol. The number of rotatable bonds is 2. The van der Waals surface area contributed by atoms with Gasteiger partial charge in [0.1, 0.15) is 11.9 Å². The molecule has 1 aromatic rings. The highest BCUT2D eigenvalue weighted by Gasteiger charge is 2.29. The summed E-state index contributed by atoms with van der Waals surface area (Å²) in [6.07, 6.45) is -1.07.